The van der Waals surface area contributed by atoms with Crippen LogP contribution >= 0.6 is 0 Å². The van der Waals surface area contributed by atoms with E-state index < -0.39 is 0 Å². The molecule has 0 unspecified atom stereocenters. The minimum Gasteiger partial charge on any atom is -0.381 e. The van der Waals surface area contributed by atoms with Gasteiger partial charge in [-0.1, -0.05) is 0 Å². The van der Waals surface area contributed by atoms with Crippen LogP contribution in [0.3, 0.4) is 0 Å². The Morgan fingerprint density at radius 3 is 3.17 bits per heavy atom. The molecule has 0 spiro atoms. The normalized spacial score (nSPS) is 9.00. The summed E-state index contributed by atoms with van der Waals surface area (Å²) in [5, 5.41) is 11.6. The molecule has 0 fully saturated rings. The van der Waals surface area contributed by atoms with Crippen molar-refractivity contribution in [2.75, 3.05) is 18.4 Å². The van der Waals surface area contributed by atoms with E-state index in [1.807, 2.05) is 6.07 Å². The number of hydrogen-bond donors (Lipinski definition) is 2. The van der Waals surface area contributed by atoms with E-state index in [4.69, 9.17) is 11.0 Å². The molecule has 0 aliphatic carbocycles. The van der Waals surface area contributed by atoms with Crippen molar-refractivity contribution < 1.29 is 0 Å². The molecule has 0 radical (unpaired) electrons. The van der Waals surface area contributed by atoms with Crippen LogP contribution in [0, 0.1) is 11.3 Å². The lowest BCUT2D eigenvalue weighted by atomic mass is 10.3. The van der Waals surface area contributed by atoms with Gasteiger partial charge in [0.2, 0.25) is 0 Å². The second-order valence-electron chi connectivity index (χ2n) is 2.23. The van der Waals surface area contributed by atoms with Gasteiger partial charge >= 0.3 is 0 Å². The summed E-state index contributed by atoms with van der Waals surface area (Å²) >= 11 is 0. The first-order valence-electron chi connectivity index (χ1n) is 3.67. The molecule has 0 aliphatic rings. The van der Waals surface area contributed by atoms with Crippen molar-refractivity contribution in [3.8, 4) is 6.07 Å². The first-order chi connectivity index (χ1) is 5.88. The average Bonchev–Trinajstić information content (AvgIpc) is 2.15. The van der Waals surface area contributed by atoms with E-state index in [0.29, 0.717) is 18.8 Å². The Bertz CT molecular complexity index is 289. The van der Waals surface area contributed by atoms with Crippen LogP contribution in [-0.4, -0.2) is 18.1 Å². The molecule has 0 aromatic carbocycles. The zero-order chi connectivity index (χ0) is 8.81. The minimum atomic E-state index is 0.408. The smallest absolute Gasteiger partial charge is 0.163 e. The summed E-state index contributed by atoms with van der Waals surface area (Å²) < 4.78 is 0. The molecular formula is C8H10N4. The van der Waals surface area contributed by atoms with Gasteiger partial charge < -0.3 is 11.1 Å². The fraction of sp³-hybridized carbons (Fsp3) is 0.250. The van der Waals surface area contributed by atoms with E-state index in [-0.39, 0.29) is 0 Å². The third kappa shape index (κ3) is 1.94. The van der Waals surface area contributed by atoms with Crippen molar-refractivity contribution in [1.29, 1.82) is 5.26 Å². The number of pyridine rings is 1. The van der Waals surface area contributed by atoms with E-state index in [0.717, 1.165) is 5.69 Å². The summed E-state index contributed by atoms with van der Waals surface area (Å²) in [6, 6.07) is 5.57. The number of rotatable bonds is 3. The third-order valence-electron chi connectivity index (χ3n) is 1.37. The molecule has 0 bridgehead atoms. The molecule has 0 atom stereocenters. The molecule has 12 heavy (non-hydrogen) atoms. The molecule has 3 N–H and O–H groups in total. The standard InChI is InChI=1S/C8H10N4/c9-3-5-12-7-2-1-4-11-8(7)6-10/h1-2,4,12H,3,5,9H2. The van der Waals surface area contributed by atoms with Crippen LogP contribution < -0.4 is 11.1 Å². The van der Waals surface area contributed by atoms with Crippen LogP contribution in [0.4, 0.5) is 5.69 Å². The number of anilines is 1. The monoisotopic (exact) mass is 162 g/mol. The lowest BCUT2D eigenvalue weighted by molar-refractivity contribution is 1.02. The number of aromatic nitrogens is 1. The molecular weight excluding hydrogens is 152 g/mol. The van der Waals surface area contributed by atoms with Gasteiger partial charge in [0.05, 0.1) is 5.69 Å². The van der Waals surface area contributed by atoms with Gasteiger partial charge in [0.1, 0.15) is 6.07 Å². The van der Waals surface area contributed by atoms with Crippen LogP contribution in [0.15, 0.2) is 18.3 Å². The van der Waals surface area contributed by atoms with E-state index in [9.17, 15) is 0 Å². The summed E-state index contributed by atoms with van der Waals surface area (Å²) in [5.41, 5.74) is 6.45. The zero-order valence-corrected chi connectivity index (χ0v) is 6.62. The van der Waals surface area contributed by atoms with E-state index in [1.165, 1.54) is 0 Å². The summed E-state index contributed by atoms with van der Waals surface area (Å²) in [6.45, 7) is 1.19. The van der Waals surface area contributed by atoms with Gasteiger partial charge in [-0.25, -0.2) is 4.98 Å². The SMILES string of the molecule is N#Cc1ncccc1NCCN. The van der Waals surface area contributed by atoms with E-state index in [1.54, 1.807) is 18.3 Å². The van der Waals surface area contributed by atoms with Gasteiger partial charge in [-0.05, 0) is 12.1 Å². The van der Waals surface area contributed by atoms with Crippen molar-refractivity contribution in [1.82, 2.24) is 4.98 Å². The Morgan fingerprint density at radius 2 is 2.50 bits per heavy atom. The van der Waals surface area contributed by atoms with E-state index in [2.05, 4.69) is 10.3 Å². The molecule has 1 rings (SSSR count). The van der Waals surface area contributed by atoms with Crippen molar-refractivity contribution in [2.45, 2.75) is 0 Å². The van der Waals surface area contributed by atoms with Gasteiger partial charge in [0, 0.05) is 19.3 Å². The highest BCUT2D eigenvalue weighted by atomic mass is 14.9. The molecule has 1 heterocycles. The summed E-state index contributed by atoms with van der Waals surface area (Å²) in [5.74, 6) is 0. The zero-order valence-electron chi connectivity index (χ0n) is 6.62. The lowest BCUT2D eigenvalue weighted by Gasteiger charge is -2.04. The highest BCUT2D eigenvalue weighted by Crippen LogP contribution is 2.09. The van der Waals surface area contributed by atoms with Gasteiger partial charge in [-0.3, -0.25) is 0 Å². The molecule has 0 saturated heterocycles. The van der Waals surface area contributed by atoms with Crippen molar-refractivity contribution in [2.24, 2.45) is 5.73 Å². The Hall–Kier alpha value is -1.60. The quantitative estimate of drug-likeness (QED) is 0.671. The fourth-order valence-electron chi connectivity index (χ4n) is 0.844. The first-order valence-corrected chi connectivity index (χ1v) is 3.67. The van der Waals surface area contributed by atoms with Crippen LogP contribution in [0.1, 0.15) is 5.69 Å². The number of hydrogen-bond acceptors (Lipinski definition) is 4. The predicted octanol–water partition coefficient (Wildman–Crippen LogP) is 0.324. The van der Waals surface area contributed by atoms with Gasteiger partial charge in [0.25, 0.3) is 0 Å². The highest BCUT2D eigenvalue weighted by Gasteiger charge is 1.98. The Labute approximate surface area is 71.0 Å². The summed E-state index contributed by atoms with van der Waals surface area (Å²) in [7, 11) is 0. The summed E-state index contributed by atoms with van der Waals surface area (Å²) in [6.07, 6.45) is 1.59. The van der Waals surface area contributed by atoms with Crippen LogP contribution in [-0.2, 0) is 0 Å². The maximum atomic E-state index is 8.63. The molecule has 1 aromatic rings. The topological polar surface area (TPSA) is 74.7 Å². The lowest BCUT2D eigenvalue weighted by Crippen LogP contribution is -2.13. The van der Waals surface area contributed by atoms with Crippen LogP contribution in [0.25, 0.3) is 0 Å². The average molecular weight is 162 g/mol. The molecule has 0 saturated carbocycles. The fourth-order valence-corrected chi connectivity index (χ4v) is 0.844. The maximum Gasteiger partial charge on any atom is 0.163 e. The van der Waals surface area contributed by atoms with Gasteiger partial charge in [0.15, 0.2) is 5.69 Å². The number of nitrogens with zero attached hydrogens (tertiary/aromatic N) is 2. The Kier molecular flexibility index (Phi) is 3.05. The van der Waals surface area contributed by atoms with Crippen molar-refractivity contribution in [3.63, 3.8) is 0 Å². The van der Waals surface area contributed by atoms with Crippen molar-refractivity contribution >= 4 is 5.69 Å². The molecule has 62 valence electrons. The van der Waals surface area contributed by atoms with E-state index >= 15 is 0 Å². The molecule has 4 heteroatoms. The van der Waals surface area contributed by atoms with Gasteiger partial charge in [-0.2, -0.15) is 5.26 Å². The largest absolute Gasteiger partial charge is 0.381 e. The number of nitrogens with one attached hydrogen (secondary N) is 1. The maximum absolute atomic E-state index is 8.63. The molecule has 0 aliphatic heterocycles. The van der Waals surface area contributed by atoms with Crippen LogP contribution in [0.5, 0.6) is 0 Å². The first kappa shape index (κ1) is 8.50. The predicted molar refractivity (Wildman–Crippen MR) is 46.5 cm³/mol. The number of nitrogens with two attached hydrogens (primary N) is 1. The molecule has 1 aromatic heterocycles. The minimum absolute atomic E-state index is 0.408. The third-order valence-corrected chi connectivity index (χ3v) is 1.37. The number of nitriles is 1. The highest BCUT2D eigenvalue weighted by molar-refractivity contribution is 5.53. The Morgan fingerprint density at radius 1 is 1.67 bits per heavy atom. The van der Waals surface area contributed by atoms with Gasteiger partial charge in [-0.15, -0.1) is 0 Å². The Balaban J connectivity index is 2.77. The summed E-state index contributed by atoms with van der Waals surface area (Å²) in [4.78, 5) is 3.89. The second kappa shape index (κ2) is 4.31. The second-order valence-corrected chi connectivity index (χ2v) is 2.23. The molecule has 4 nitrogen and oxygen atoms in total. The molecule has 0 amide bonds. The van der Waals surface area contributed by atoms with Crippen molar-refractivity contribution in [3.05, 3.63) is 24.0 Å². The van der Waals surface area contributed by atoms with Crippen LogP contribution in [0.2, 0.25) is 0 Å².